The number of nitrogens with one attached hydrogen (secondary N) is 2. The monoisotopic (exact) mass is 298 g/mol. The summed E-state index contributed by atoms with van der Waals surface area (Å²) in [4.78, 5) is 11.7. The Bertz CT molecular complexity index is 578. The molecule has 2 aromatic rings. The lowest BCUT2D eigenvalue weighted by Gasteiger charge is -2.08. The van der Waals surface area contributed by atoms with E-state index in [-0.39, 0.29) is 6.03 Å². The number of hydrogen-bond acceptors (Lipinski definition) is 2. The van der Waals surface area contributed by atoms with Gasteiger partial charge >= 0.3 is 6.03 Å². The third-order valence-corrected chi connectivity index (χ3v) is 3.06. The Balaban J connectivity index is 1.92. The standard InChI is InChI=1S/C12H12Cl2N4O/c1-18-11(10(14)6-16-18)7-15-12(19)17-9-4-2-3-8(13)5-9/h2-6H,7H2,1H3,(H2,15,17,19). The summed E-state index contributed by atoms with van der Waals surface area (Å²) < 4.78 is 1.61. The van der Waals surface area contributed by atoms with Crippen LogP contribution in [0.5, 0.6) is 0 Å². The number of nitrogens with zero attached hydrogens (tertiary/aromatic N) is 2. The highest BCUT2D eigenvalue weighted by molar-refractivity contribution is 6.31. The molecule has 7 heteroatoms. The second-order valence-corrected chi connectivity index (χ2v) is 4.72. The fourth-order valence-corrected chi connectivity index (χ4v) is 1.96. The van der Waals surface area contributed by atoms with Crippen LogP contribution in [-0.2, 0) is 13.6 Å². The summed E-state index contributed by atoms with van der Waals surface area (Å²) in [6.45, 7) is 0.293. The largest absolute Gasteiger partial charge is 0.332 e. The summed E-state index contributed by atoms with van der Waals surface area (Å²) in [5.41, 5.74) is 1.36. The van der Waals surface area contributed by atoms with E-state index in [1.54, 1.807) is 36.0 Å². The van der Waals surface area contributed by atoms with Crippen molar-refractivity contribution in [2.24, 2.45) is 7.05 Å². The molecule has 1 aromatic carbocycles. The van der Waals surface area contributed by atoms with E-state index in [4.69, 9.17) is 23.2 Å². The SMILES string of the molecule is Cn1ncc(Cl)c1CNC(=O)Nc1cccc(Cl)c1. The van der Waals surface area contributed by atoms with Crippen molar-refractivity contribution < 1.29 is 4.79 Å². The summed E-state index contributed by atoms with van der Waals surface area (Å²) in [5.74, 6) is 0. The van der Waals surface area contributed by atoms with Crippen LogP contribution in [0.15, 0.2) is 30.5 Å². The van der Waals surface area contributed by atoms with E-state index >= 15 is 0 Å². The molecule has 2 rings (SSSR count). The zero-order chi connectivity index (χ0) is 13.8. The fraction of sp³-hybridized carbons (Fsp3) is 0.167. The van der Waals surface area contributed by atoms with E-state index < -0.39 is 0 Å². The summed E-state index contributed by atoms with van der Waals surface area (Å²) >= 11 is 11.8. The van der Waals surface area contributed by atoms with Crippen LogP contribution in [0.1, 0.15) is 5.69 Å². The van der Waals surface area contributed by atoms with E-state index in [0.717, 1.165) is 5.69 Å². The predicted octanol–water partition coefficient (Wildman–Crippen LogP) is 3.05. The molecule has 2 N–H and O–H groups in total. The molecule has 1 aromatic heterocycles. The number of aryl methyl sites for hydroxylation is 1. The predicted molar refractivity (Wildman–Crippen MR) is 75.5 cm³/mol. The average Bonchev–Trinajstić information content (AvgIpc) is 2.67. The van der Waals surface area contributed by atoms with Gasteiger partial charge in [-0.15, -0.1) is 0 Å². The number of carbonyl (C=O) groups is 1. The molecule has 0 aliphatic rings. The van der Waals surface area contributed by atoms with E-state index in [9.17, 15) is 4.79 Å². The minimum atomic E-state index is -0.334. The van der Waals surface area contributed by atoms with Crippen LogP contribution < -0.4 is 10.6 Å². The molecule has 0 spiro atoms. The van der Waals surface area contributed by atoms with Crippen molar-refractivity contribution in [1.82, 2.24) is 15.1 Å². The smallest absolute Gasteiger partial charge is 0.319 e. The first-order valence-corrected chi connectivity index (χ1v) is 6.28. The number of anilines is 1. The van der Waals surface area contributed by atoms with Gasteiger partial charge in [0.15, 0.2) is 0 Å². The van der Waals surface area contributed by atoms with Crippen molar-refractivity contribution in [3.63, 3.8) is 0 Å². The van der Waals surface area contributed by atoms with Crippen LogP contribution in [0.2, 0.25) is 10.0 Å². The number of benzene rings is 1. The van der Waals surface area contributed by atoms with Crippen LogP contribution >= 0.6 is 23.2 Å². The Kier molecular flexibility index (Phi) is 4.29. The molecule has 0 saturated heterocycles. The maximum absolute atomic E-state index is 11.7. The molecular weight excluding hydrogens is 287 g/mol. The minimum Gasteiger partial charge on any atom is -0.332 e. The van der Waals surface area contributed by atoms with Crippen LogP contribution in [0.25, 0.3) is 0 Å². The lowest BCUT2D eigenvalue weighted by Crippen LogP contribution is -2.29. The highest BCUT2D eigenvalue weighted by Crippen LogP contribution is 2.15. The van der Waals surface area contributed by atoms with E-state index in [2.05, 4.69) is 15.7 Å². The number of halogens is 2. The molecule has 0 unspecified atom stereocenters. The van der Waals surface area contributed by atoms with Crippen molar-refractivity contribution in [2.45, 2.75) is 6.54 Å². The third-order valence-electron chi connectivity index (χ3n) is 2.51. The topological polar surface area (TPSA) is 59.0 Å². The Morgan fingerprint density at radius 1 is 1.42 bits per heavy atom. The van der Waals surface area contributed by atoms with Crippen LogP contribution in [-0.4, -0.2) is 15.8 Å². The van der Waals surface area contributed by atoms with Gasteiger partial charge in [-0.05, 0) is 18.2 Å². The van der Waals surface area contributed by atoms with Crippen molar-refractivity contribution in [2.75, 3.05) is 5.32 Å². The van der Waals surface area contributed by atoms with Crippen molar-refractivity contribution >= 4 is 34.9 Å². The Morgan fingerprint density at radius 2 is 2.21 bits per heavy atom. The Morgan fingerprint density at radius 3 is 2.84 bits per heavy atom. The summed E-state index contributed by atoms with van der Waals surface area (Å²) in [6, 6.07) is 6.58. The molecule has 0 aliphatic heterocycles. The molecule has 2 amide bonds. The first-order chi connectivity index (χ1) is 9.06. The fourth-order valence-electron chi connectivity index (χ4n) is 1.54. The molecule has 1 heterocycles. The Labute approximate surface area is 120 Å². The zero-order valence-electron chi connectivity index (χ0n) is 10.2. The number of urea groups is 1. The summed E-state index contributed by atoms with van der Waals surface area (Å²) in [7, 11) is 1.76. The van der Waals surface area contributed by atoms with Gasteiger partial charge in [-0.1, -0.05) is 29.3 Å². The van der Waals surface area contributed by atoms with Crippen molar-refractivity contribution in [3.05, 3.63) is 46.2 Å². The molecule has 0 radical (unpaired) electrons. The highest BCUT2D eigenvalue weighted by Gasteiger charge is 2.08. The lowest BCUT2D eigenvalue weighted by molar-refractivity contribution is 0.251. The van der Waals surface area contributed by atoms with Gasteiger partial charge in [0.2, 0.25) is 0 Å². The highest BCUT2D eigenvalue weighted by atomic mass is 35.5. The van der Waals surface area contributed by atoms with Gasteiger partial charge in [-0.2, -0.15) is 5.10 Å². The third kappa shape index (κ3) is 3.62. The maximum atomic E-state index is 11.7. The second kappa shape index (κ2) is 5.95. The normalized spacial score (nSPS) is 10.3. The molecule has 0 atom stereocenters. The Hall–Kier alpha value is -1.72. The van der Waals surface area contributed by atoms with E-state index in [1.165, 1.54) is 6.20 Å². The van der Waals surface area contributed by atoms with Crippen LogP contribution in [0.3, 0.4) is 0 Å². The summed E-state index contributed by atoms with van der Waals surface area (Å²) in [6.07, 6.45) is 1.54. The zero-order valence-corrected chi connectivity index (χ0v) is 11.7. The summed E-state index contributed by atoms with van der Waals surface area (Å²) in [5, 5.41) is 10.4. The van der Waals surface area contributed by atoms with Gasteiger partial charge < -0.3 is 10.6 Å². The lowest BCUT2D eigenvalue weighted by atomic mass is 10.3. The van der Waals surface area contributed by atoms with Crippen LogP contribution in [0.4, 0.5) is 10.5 Å². The molecule has 19 heavy (non-hydrogen) atoms. The van der Waals surface area contributed by atoms with Gasteiger partial charge in [-0.25, -0.2) is 4.79 Å². The van der Waals surface area contributed by atoms with Gasteiger partial charge in [0.25, 0.3) is 0 Å². The van der Waals surface area contributed by atoms with E-state index in [1.807, 2.05) is 0 Å². The maximum Gasteiger partial charge on any atom is 0.319 e. The van der Waals surface area contributed by atoms with Crippen molar-refractivity contribution in [3.8, 4) is 0 Å². The van der Waals surface area contributed by atoms with Gasteiger partial charge in [0.05, 0.1) is 23.5 Å². The number of hydrogen-bond donors (Lipinski definition) is 2. The minimum absolute atomic E-state index is 0.293. The number of aromatic nitrogens is 2. The first-order valence-electron chi connectivity index (χ1n) is 5.53. The van der Waals surface area contributed by atoms with Gasteiger partial charge in [-0.3, -0.25) is 4.68 Å². The van der Waals surface area contributed by atoms with Gasteiger partial charge in [0, 0.05) is 17.8 Å². The average molecular weight is 299 g/mol. The van der Waals surface area contributed by atoms with E-state index in [0.29, 0.717) is 22.3 Å². The molecule has 0 fully saturated rings. The number of rotatable bonds is 3. The number of carbonyl (C=O) groups excluding carboxylic acids is 1. The quantitative estimate of drug-likeness (QED) is 0.915. The second-order valence-electron chi connectivity index (χ2n) is 3.88. The van der Waals surface area contributed by atoms with Crippen molar-refractivity contribution in [1.29, 1.82) is 0 Å². The van der Waals surface area contributed by atoms with Gasteiger partial charge in [0.1, 0.15) is 0 Å². The molecule has 0 bridgehead atoms. The molecule has 0 aliphatic carbocycles. The molecule has 5 nitrogen and oxygen atoms in total. The van der Waals surface area contributed by atoms with Crippen LogP contribution in [0, 0.1) is 0 Å². The molecule has 100 valence electrons. The molecular formula is C12H12Cl2N4O. The number of amides is 2. The molecule has 0 saturated carbocycles. The first kappa shape index (κ1) is 13.7.